The molecule has 1 aromatic heterocycles. The van der Waals surface area contributed by atoms with Crippen molar-refractivity contribution < 1.29 is 4.39 Å². The summed E-state index contributed by atoms with van der Waals surface area (Å²) in [4.78, 5) is 4.33. The van der Waals surface area contributed by atoms with E-state index in [4.69, 9.17) is 5.73 Å². The number of rotatable bonds is 5. The molecule has 0 saturated heterocycles. The fourth-order valence-corrected chi connectivity index (χ4v) is 3.30. The number of aromatic nitrogens is 1. The lowest BCUT2D eigenvalue weighted by Gasteiger charge is -2.23. The molecule has 2 atom stereocenters. The number of nitrogens with zero attached hydrogens (tertiary/aromatic N) is 1. The molecule has 2 unspecified atom stereocenters. The minimum atomic E-state index is -0.217. The average molecular weight is 355 g/mol. The molecule has 2 N–H and O–H groups in total. The van der Waals surface area contributed by atoms with Gasteiger partial charge in [-0.25, -0.2) is 9.37 Å². The Bertz CT molecular complexity index is 562. The van der Waals surface area contributed by atoms with E-state index in [2.05, 4.69) is 20.9 Å². The summed E-state index contributed by atoms with van der Waals surface area (Å²) in [6, 6.07) is 10.5. The molecule has 2 rings (SSSR count). The van der Waals surface area contributed by atoms with E-state index in [1.165, 1.54) is 17.8 Å². The maximum atomic E-state index is 14.0. The Balaban J connectivity index is 2.29. The van der Waals surface area contributed by atoms with Crippen molar-refractivity contribution >= 4 is 27.7 Å². The van der Waals surface area contributed by atoms with Crippen LogP contribution in [0.2, 0.25) is 0 Å². The van der Waals surface area contributed by atoms with Gasteiger partial charge in [0, 0.05) is 22.3 Å². The smallest absolute Gasteiger partial charge is 0.127 e. The Kier molecular flexibility index (Phi) is 5.57. The van der Waals surface area contributed by atoms with E-state index in [0.717, 1.165) is 15.9 Å². The molecule has 5 heteroatoms. The van der Waals surface area contributed by atoms with E-state index in [9.17, 15) is 4.39 Å². The van der Waals surface area contributed by atoms with E-state index >= 15 is 0 Å². The van der Waals surface area contributed by atoms with Crippen LogP contribution in [0, 0.1) is 5.82 Å². The first-order valence-electron chi connectivity index (χ1n) is 6.40. The zero-order valence-corrected chi connectivity index (χ0v) is 13.5. The van der Waals surface area contributed by atoms with Gasteiger partial charge in [0.05, 0.1) is 10.3 Å². The number of halogens is 2. The van der Waals surface area contributed by atoms with Crippen molar-refractivity contribution in [1.82, 2.24) is 4.98 Å². The molecule has 0 radical (unpaired) electrons. The molecule has 106 valence electrons. The Labute approximate surface area is 131 Å². The maximum Gasteiger partial charge on any atom is 0.127 e. The molecule has 20 heavy (non-hydrogen) atoms. The van der Waals surface area contributed by atoms with E-state index in [0.29, 0.717) is 5.56 Å². The number of thioether (sulfide) groups is 1. The van der Waals surface area contributed by atoms with Crippen molar-refractivity contribution in [1.29, 1.82) is 0 Å². The summed E-state index contributed by atoms with van der Waals surface area (Å²) >= 11 is 4.85. The summed E-state index contributed by atoms with van der Waals surface area (Å²) in [5, 5.41) is 0.695. The fraction of sp³-hybridized carbons (Fsp3) is 0.267. The standard InChI is InChI=1S/C15H16BrFN2S/c1-2-13(18)15(11-5-3-4-6-12(11)17)20-14-8-7-10(16)9-19-14/h3-9,13,15H,2,18H2,1H3. The van der Waals surface area contributed by atoms with Crippen LogP contribution in [0.5, 0.6) is 0 Å². The first kappa shape index (κ1) is 15.5. The van der Waals surface area contributed by atoms with Crippen LogP contribution in [0.1, 0.15) is 24.2 Å². The molecule has 0 aliphatic carbocycles. The Morgan fingerprint density at radius 3 is 2.65 bits per heavy atom. The van der Waals surface area contributed by atoms with Crippen LogP contribution in [0.4, 0.5) is 4.39 Å². The monoisotopic (exact) mass is 354 g/mol. The van der Waals surface area contributed by atoms with Crippen LogP contribution in [-0.2, 0) is 0 Å². The molecule has 0 fully saturated rings. The van der Waals surface area contributed by atoms with Gasteiger partial charge in [0.15, 0.2) is 0 Å². The lowest BCUT2D eigenvalue weighted by molar-refractivity contribution is 0.572. The van der Waals surface area contributed by atoms with Crippen LogP contribution >= 0.6 is 27.7 Å². The molecule has 0 bridgehead atoms. The minimum Gasteiger partial charge on any atom is -0.326 e. The van der Waals surface area contributed by atoms with Gasteiger partial charge in [-0.1, -0.05) is 36.9 Å². The topological polar surface area (TPSA) is 38.9 Å². The molecular formula is C15H16BrFN2S. The lowest BCUT2D eigenvalue weighted by atomic mass is 10.0. The van der Waals surface area contributed by atoms with Crippen LogP contribution in [0.3, 0.4) is 0 Å². The zero-order valence-electron chi connectivity index (χ0n) is 11.1. The predicted octanol–water partition coefficient (Wildman–Crippen LogP) is 4.55. The van der Waals surface area contributed by atoms with E-state index in [1.807, 2.05) is 25.1 Å². The molecule has 2 aromatic rings. The first-order valence-corrected chi connectivity index (χ1v) is 8.07. The molecule has 0 saturated carbocycles. The highest BCUT2D eigenvalue weighted by Gasteiger charge is 2.23. The highest BCUT2D eigenvalue weighted by molar-refractivity contribution is 9.10. The summed E-state index contributed by atoms with van der Waals surface area (Å²) in [6.45, 7) is 2.01. The van der Waals surface area contributed by atoms with Gasteiger partial charge in [-0.3, -0.25) is 0 Å². The van der Waals surface area contributed by atoms with Gasteiger partial charge in [0.2, 0.25) is 0 Å². The average Bonchev–Trinajstić information content (AvgIpc) is 2.47. The number of hydrogen-bond acceptors (Lipinski definition) is 3. The van der Waals surface area contributed by atoms with Gasteiger partial charge in [-0.05, 0) is 40.5 Å². The second kappa shape index (κ2) is 7.20. The van der Waals surface area contributed by atoms with Gasteiger partial charge in [0.25, 0.3) is 0 Å². The summed E-state index contributed by atoms with van der Waals surface area (Å²) in [6.07, 6.45) is 2.51. The maximum absolute atomic E-state index is 14.0. The second-order valence-electron chi connectivity index (χ2n) is 4.45. The SMILES string of the molecule is CCC(N)C(Sc1ccc(Br)cn1)c1ccccc1F. The highest BCUT2D eigenvalue weighted by atomic mass is 79.9. The number of benzene rings is 1. The Morgan fingerprint density at radius 2 is 2.05 bits per heavy atom. The van der Waals surface area contributed by atoms with Crippen molar-refractivity contribution in [2.75, 3.05) is 0 Å². The van der Waals surface area contributed by atoms with Crippen LogP contribution in [0.25, 0.3) is 0 Å². The van der Waals surface area contributed by atoms with Gasteiger partial charge < -0.3 is 5.73 Å². The minimum absolute atomic E-state index is 0.123. The Morgan fingerprint density at radius 1 is 1.30 bits per heavy atom. The van der Waals surface area contributed by atoms with Crippen LogP contribution in [-0.4, -0.2) is 11.0 Å². The third kappa shape index (κ3) is 3.81. The van der Waals surface area contributed by atoms with Gasteiger partial charge >= 0.3 is 0 Å². The first-order chi connectivity index (χ1) is 9.61. The molecule has 0 aliphatic heterocycles. The summed E-state index contributed by atoms with van der Waals surface area (Å²) in [5.41, 5.74) is 6.81. The molecule has 1 aromatic carbocycles. The van der Waals surface area contributed by atoms with Gasteiger partial charge in [-0.15, -0.1) is 0 Å². The Hall–Kier alpha value is -0.910. The van der Waals surface area contributed by atoms with Crippen molar-refractivity contribution in [2.24, 2.45) is 5.73 Å². The molecule has 0 spiro atoms. The third-order valence-corrected chi connectivity index (χ3v) is 4.83. The molecular weight excluding hydrogens is 339 g/mol. The van der Waals surface area contributed by atoms with Crippen molar-refractivity contribution in [3.8, 4) is 0 Å². The normalized spacial score (nSPS) is 14.0. The van der Waals surface area contributed by atoms with Crippen molar-refractivity contribution in [3.05, 3.63) is 58.4 Å². The molecule has 2 nitrogen and oxygen atoms in total. The van der Waals surface area contributed by atoms with Crippen molar-refractivity contribution in [2.45, 2.75) is 29.7 Å². The largest absolute Gasteiger partial charge is 0.326 e. The van der Waals surface area contributed by atoms with Gasteiger partial charge in [0.1, 0.15) is 5.82 Å². The van der Waals surface area contributed by atoms with E-state index < -0.39 is 0 Å². The number of pyridine rings is 1. The second-order valence-corrected chi connectivity index (χ2v) is 6.52. The zero-order chi connectivity index (χ0) is 14.5. The van der Waals surface area contributed by atoms with Crippen molar-refractivity contribution in [3.63, 3.8) is 0 Å². The lowest BCUT2D eigenvalue weighted by Crippen LogP contribution is -2.26. The quantitative estimate of drug-likeness (QED) is 0.800. The number of nitrogens with two attached hydrogens (primary N) is 1. The summed E-state index contributed by atoms with van der Waals surface area (Å²) < 4.78 is 14.9. The van der Waals surface area contributed by atoms with Crippen LogP contribution < -0.4 is 5.73 Å². The van der Waals surface area contributed by atoms with E-state index in [-0.39, 0.29) is 17.1 Å². The molecule has 0 amide bonds. The predicted molar refractivity (Wildman–Crippen MR) is 85.2 cm³/mol. The fourth-order valence-electron chi connectivity index (χ4n) is 1.86. The third-order valence-electron chi connectivity index (χ3n) is 3.02. The number of hydrogen-bond donors (Lipinski definition) is 1. The summed E-state index contributed by atoms with van der Waals surface area (Å²) in [7, 11) is 0. The van der Waals surface area contributed by atoms with Gasteiger partial charge in [-0.2, -0.15) is 0 Å². The molecule has 0 aliphatic rings. The van der Waals surface area contributed by atoms with Crippen LogP contribution in [0.15, 0.2) is 52.1 Å². The highest BCUT2D eigenvalue weighted by Crippen LogP contribution is 2.38. The summed E-state index contributed by atoms with van der Waals surface area (Å²) in [5.74, 6) is -0.217. The van der Waals surface area contributed by atoms with E-state index in [1.54, 1.807) is 18.3 Å². The molecule has 1 heterocycles.